The first kappa shape index (κ1) is 47.3. The monoisotopic (exact) mass is 956 g/mol. The van der Waals surface area contributed by atoms with Crippen molar-refractivity contribution in [2.45, 2.75) is 93.2 Å². The van der Waals surface area contributed by atoms with Crippen LogP contribution in [0.15, 0.2) is 60.8 Å². The van der Waals surface area contributed by atoms with Crippen LogP contribution in [0.25, 0.3) is 32.9 Å². The average Bonchev–Trinajstić information content (AvgIpc) is 3.94. The molecule has 7 aromatic rings. The Bertz CT molecular complexity index is 3050. The van der Waals surface area contributed by atoms with E-state index in [0.717, 1.165) is 140 Å². The average molecular weight is 958 g/mol. The number of pyridine rings is 1. The van der Waals surface area contributed by atoms with Gasteiger partial charge in [0.15, 0.2) is 0 Å². The molecule has 0 bridgehead atoms. The number of aryl methyl sites for hydroxylation is 6. The number of esters is 1. The van der Waals surface area contributed by atoms with Crippen LogP contribution in [0.3, 0.4) is 0 Å². The second kappa shape index (κ2) is 19.7. The zero-order valence-electron chi connectivity index (χ0n) is 40.6. The van der Waals surface area contributed by atoms with E-state index in [4.69, 9.17) is 42.8 Å². The molecule has 0 unspecified atom stereocenters. The molecule has 12 nitrogen and oxygen atoms in total. The highest BCUT2D eigenvalue weighted by atomic mass is 35.5. The predicted octanol–water partition coefficient (Wildman–Crippen LogP) is 11.3. The minimum atomic E-state index is -0.392. The van der Waals surface area contributed by atoms with Crippen LogP contribution in [-0.4, -0.2) is 81.7 Å². The standard InChI is InChI=1S/C54H62Cl2N8O4/c1-9-10-11-22-68-54(66)46-28-38-24-32(2)25-45(50(38)62(46)31-39-29-40(16-17-58-39)61-20-18-57-19-21-61)63-30-35(5)64-51-43(14-15-44(55)48(51)47-36(6)59-60(8)37(47)7)42(52(64)53(63)65)13-12-23-67-41-26-33(3)49(56)34(4)27-41/h14-17,24-29,35,57H,9-13,18-23,30-31H2,1-8H3/t35-/m1/s1. The molecule has 1 atom stereocenters. The normalized spacial score (nSPS) is 15.2. The summed E-state index contributed by atoms with van der Waals surface area (Å²) in [6.07, 6.45) is 5.85. The van der Waals surface area contributed by atoms with Crippen LogP contribution in [0.5, 0.6) is 5.75 Å². The highest BCUT2D eigenvalue weighted by Crippen LogP contribution is 2.46. The first-order valence-corrected chi connectivity index (χ1v) is 24.8. The number of carbonyl (C=O) groups is 2. The summed E-state index contributed by atoms with van der Waals surface area (Å²) in [5.41, 5.74) is 12.9. The van der Waals surface area contributed by atoms with Crippen LogP contribution >= 0.6 is 23.2 Å². The molecular formula is C54H62Cl2N8O4. The van der Waals surface area contributed by atoms with Crippen molar-refractivity contribution in [2.24, 2.45) is 7.05 Å². The van der Waals surface area contributed by atoms with E-state index < -0.39 is 5.97 Å². The van der Waals surface area contributed by atoms with E-state index in [0.29, 0.717) is 55.6 Å². The molecule has 0 spiro atoms. The Labute approximate surface area is 409 Å². The van der Waals surface area contributed by atoms with Crippen molar-refractivity contribution in [3.05, 3.63) is 122 Å². The summed E-state index contributed by atoms with van der Waals surface area (Å²) in [5, 5.41) is 11.4. The second-order valence-corrected chi connectivity index (χ2v) is 19.5. The van der Waals surface area contributed by atoms with Crippen LogP contribution in [0.4, 0.5) is 11.4 Å². The van der Waals surface area contributed by atoms with Gasteiger partial charge in [0.25, 0.3) is 5.91 Å². The Balaban J connectivity index is 1.18. The Hall–Kier alpha value is -5.82. The number of fused-ring (bicyclic) bond motifs is 4. The zero-order chi connectivity index (χ0) is 48.0. The first-order chi connectivity index (χ1) is 32.7. The number of amides is 1. The van der Waals surface area contributed by atoms with Crippen LogP contribution in [0, 0.1) is 34.6 Å². The number of unbranched alkanes of at least 4 members (excludes halogenated alkanes) is 2. The van der Waals surface area contributed by atoms with E-state index in [1.54, 1.807) is 0 Å². The predicted molar refractivity (Wildman–Crippen MR) is 275 cm³/mol. The van der Waals surface area contributed by atoms with Crippen LogP contribution in [0.1, 0.15) is 106 Å². The SMILES string of the molecule is CCCCCOC(=O)c1cc2cc(C)cc(N3C[C@@H](C)n4c(c(CCCOc5cc(C)c(Cl)c(C)c5)c5ccc(Cl)c(-c6c(C)nn(C)c6C)c54)C3=O)c2n1Cc1cc(N2CCNCC2)ccn1. The number of benzene rings is 3. The van der Waals surface area contributed by atoms with E-state index in [1.807, 2.05) is 85.4 Å². The Morgan fingerprint density at radius 3 is 2.38 bits per heavy atom. The Kier molecular flexibility index (Phi) is 13.7. The summed E-state index contributed by atoms with van der Waals surface area (Å²) in [7, 11) is 1.95. The van der Waals surface area contributed by atoms with Crippen molar-refractivity contribution >= 4 is 68.3 Å². The summed E-state index contributed by atoms with van der Waals surface area (Å²) in [5.74, 6) is 0.251. The van der Waals surface area contributed by atoms with Gasteiger partial charge < -0.3 is 33.7 Å². The summed E-state index contributed by atoms with van der Waals surface area (Å²) >= 11 is 13.7. The number of piperazine rings is 1. The molecule has 14 heteroatoms. The van der Waals surface area contributed by atoms with Crippen molar-refractivity contribution in [1.82, 2.24) is 29.2 Å². The second-order valence-electron chi connectivity index (χ2n) is 18.7. The number of ether oxygens (including phenoxy) is 2. The fourth-order valence-corrected chi connectivity index (χ4v) is 10.8. The molecule has 6 heterocycles. The summed E-state index contributed by atoms with van der Waals surface area (Å²) < 4.78 is 18.4. The van der Waals surface area contributed by atoms with Gasteiger partial charge in [-0.1, -0.05) is 49.0 Å². The lowest BCUT2D eigenvalue weighted by Gasteiger charge is -2.35. The number of aromatic nitrogens is 5. The maximum Gasteiger partial charge on any atom is 0.354 e. The van der Waals surface area contributed by atoms with E-state index in [-0.39, 0.29) is 11.9 Å². The highest BCUT2D eigenvalue weighted by Gasteiger charge is 2.38. The van der Waals surface area contributed by atoms with Gasteiger partial charge in [0.1, 0.15) is 17.1 Å². The quantitative estimate of drug-likeness (QED) is 0.0799. The molecule has 2 aliphatic rings. The molecule has 9 rings (SSSR count). The molecule has 1 saturated heterocycles. The number of carbonyl (C=O) groups excluding carboxylic acids is 2. The van der Waals surface area contributed by atoms with Gasteiger partial charge in [-0.25, -0.2) is 4.79 Å². The minimum absolute atomic E-state index is 0.122. The fraction of sp³-hybridized carbons (Fsp3) is 0.407. The summed E-state index contributed by atoms with van der Waals surface area (Å²) in [6.45, 7) is 19.4. The fourth-order valence-electron chi connectivity index (χ4n) is 10.4. The van der Waals surface area contributed by atoms with Crippen molar-refractivity contribution < 1.29 is 19.1 Å². The number of hydrogen-bond acceptors (Lipinski definition) is 8. The lowest BCUT2D eigenvalue weighted by molar-refractivity contribution is 0.0486. The number of nitrogens with one attached hydrogen (secondary N) is 1. The van der Waals surface area contributed by atoms with Gasteiger partial charge in [-0.05, 0) is 132 Å². The number of rotatable bonds is 15. The van der Waals surface area contributed by atoms with Crippen LogP contribution in [0.2, 0.25) is 10.0 Å². The van der Waals surface area contributed by atoms with Crippen molar-refractivity contribution in [2.75, 3.05) is 55.7 Å². The molecule has 0 radical (unpaired) electrons. The molecule has 0 saturated carbocycles. The van der Waals surface area contributed by atoms with Crippen LogP contribution < -0.4 is 19.9 Å². The van der Waals surface area contributed by atoms with Crippen LogP contribution in [-0.2, 0) is 24.8 Å². The van der Waals surface area contributed by atoms with Gasteiger partial charge >= 0.3 is 5.97 Å². The Morgan fingerprint density at radius 2 is 1.66 bits per heavy atom. The summed E-state index contributed by atoms with van der Waals surface area (Å²) in [4.78, 5) is 39.2. The van der Waals surface area contributed by atoms with Crippen molar-refractivity contribution in [1.29, 1.82) is 0 Å². The molecule has 356 valence electrons. The van der Waals surface area contributed by atoms with Gasteiger partial charge in [0, 0.05) is 90.3 Å². The molecular weight excluding hydrogens is 896 g/mol. The van der Waals surface area contributed by atoms with Gasteiger partial charge in [0.2, 0.25) is 0 Å². The molecule has 4 aromatic heterocycles. The largest absolute Gasteiger partial charge is 0.494 e. The number of hydrogen-bond donors (Lipinski definition) is 1. The van der Waals surface area contributed by atoms with Gasteiger partial charge in [-0.3, -0.25) is 14.5 Å². The molecule has 2 aliphatic heterocycles. The molecule has 3 aromatic carbocycles. The Morgan fingerprint density at radius 1 is 0.897 bits per heavy atom. The lowest BCUT2D eigenvalue weighted by Crippen LogP contribution is -2.43. The third-order valence-electron chi connectivity index (χ3n) is 13.8. The van der Waals surface area contributed by atoms with E-state index in [2.05, 4.69) is 59.8 Å². The summed E-state index contributed by atoms with van der Waals surface area (Å²) in [6, 6.07) is 18.0. The van der Waals surface area contributed by atoms with Crippen molar-refractivity contribution in [3.8, 4) is 16.9 Å². The minimum Gasteiger partial charge on any atom is -0.494 e. The smallest absolute Gasteiger partial charge is 0.354 e. The zero-order valence-corrected chi connectivity index (χ0v) is 42.1. The third kappa shape index (κ3) is 8.87. The van der Waals surface area contributed by atoms with E-state index in [1.165, 1.54) is 0 Å². The van der Waals surface area contributed by atoms with E-state index >= 15 is 4.79 Å². The van der Waals surface area contributed by atoms with Crippen molar-refractivity contribution in [3.63, 3.8) is 0 Å². The first-order valence-electron chi connectivity index (χ1n) is 24.0. The molecule has 1 fully saturated rings. The van der Waals surface area contributed by atoms with E-state index in [9.17, 15) is 4.79 Å². The number of anilines is 2. The maximum atomic E-state index is 15.9. The molecule has 68 heavy (non-hydrogen) atoms. The third-order valence-corrected chi connectivity index (χ3v) is 14.7. The number of nitrogens with zero attached hydrogens (tertiary/aromatic N) is 7. The molecule has 0 aliphatic carbocycles. The topological polar surface area (TPSA) is 112 Å². The lowest BCUT2D eigenvalue weighted by atomic mass is 9.98. The maximum absolute atomic E-state index is 15.9. The van der Waals surface area contributed by atoms with Gasteiger partial charge in [-0.2, -0.15) is 5.10 Å². The highest BCUT2D eigenvalue weighted by molar-refractivity contribution is 6.35. The molecule has 1 amide bonds. The van der Waals surface area contributed by atoms with Gasteiger partial charge in [0.05, 0.1) is 52.9 Å². The number of halogens is 2. The molecule has 1 N–H and O–H groups in total. The van der Waals surface area contributed by atoms with Gasteiger partial charge in [-0.15, -0.1) is 0 Å².